The number of hydrogen-bond donors (Lipinski definition) is 1. The van der Waals surface area contributed by atoms with Crippen LogP contribution >= 0.6 is 0 Å². The van der Waals surface area contributed by atoms with E-state index in [4.69, 9.17) is 14.2 Å². The molecule has 3 aliphatic rings. The molecular weight excluding hydrogens is 446 g/mol. The van der Waals surface area contributed by atoms with Crippen molar-refractivity contribution in [3.63, 3.8) is 0 Å². The molecule has 1 saturated heterocycles. The van der Waals surface area contributed by atoms with E-state index in [9.17, 15) is 9.90 Å². The van der Waals surface area contributed by atoms with Gasteiger partial charge in [0, 0.05) is 54.8 Å². The van der Waals surface area contributed by atoms with E-state index in [1.165, 1.54) is 16.6 Å². The van der Waals surface area contributed by atoms with Gasteiger partial charge in [-0.15, -0.1) is 0 Å². The van der Waals surface area contributed by atoms with Crippen molar-refractivity contribution in [1.29, 1.82) is 0 Å². The highest BCUT2D eigenvalue weighted by Crippen LogP contribution is 2.49. The molecule has 4 heterocycles. The Morgan fingerprint density at radius 1 is 1.11 bits per heavy atom. The van der Waals surface area contributed by atoms with E-state index in [2.05, 4.69) is 35.7 Å². The van der Waals surface area contributed by atoms with Crippen LogP contribution in [0, 0.1) is 0 Å². The van der Waals surface area contributed by atoms with Crippen molar-refractivity contribution in [1.82, 2.24) is 14.4 Å². The number of amides is 1. The summed E-state index contributed by atoms with van der Waals surface area (Å²) in [5, 5.41) is 11.5. The van der Waals surface area contributed by atoms with Crippen LogP contribution < -0.4 is 14.2 Å². The van der Waals surface area contributed by atoms with Crippen LogP contribution in [0.1, 0.15) is 40.5 Å². The van der Waals surface area contributed by atoms with Gasteiger partial charge in [-0.05, 0) is 55.8 Å². The number of carbonyl (C=O) groups is 1. The fourth-order valence-corrected chi connectivity index (χ4v) is 6.37. The van der Waals surface area contributed by atoms with Gasteiger partial charge in [-0.25, -0.2) is 0 Å². The number of rotatable bonds is 3. The van der Waals surface area contributed by atoms with Gasteiger partial charge in [0.15, 0.2) is 11.5 Å². The second-order valence-electron chi connectivity index (χ2n) is 9.96. The minimum atomic E-state index is -0.0878. The van der Waals surface area contributed by atoms with Crippen molar-refractivity contribution in [2.24, 2.45) is 7.05 Å². The Morgan fingerprint density at radius 2 is 1.89 bits per heavy atom. The molecule has 35 heavy (non-hydrogen) atoms. The number of aliphatic hydroxyl groups excluding tert-OH is 1. The van der Waals surface area contributed by atoms with Crippen LogP contribution in [0.3, 0.4) is 0 Å². The summed E-state index contributed by atoms with van der Waals surface area (Å²) in [6.45, 7) is 2.46. The number of ether oxygens (including phenoxy) is 3. The molecule has 1 spiro atoms. The third kappa shape index (κ3) is 3.31. The predicted octanol–water partition coefficient (Wildman–Crippen LogP) is 3.07. The first-order chi connectivity index (χ1) is 17.0. The van der Waals surface area contributed by atoms with E-state index in [0.29, 0.717) is 30.2 Å². The number of carbonyl (C=O) groups excluding carboxylic acids is 1. The zero-order valence-electron chi connectivity index (χ0n) is 20.4. The molecule has 8 nitrogen and oxygen atoms in total. The first-order valence-electron chi connectivity index (χ1n) is 12.1. The maximum atomic E-state index is 13.3. The lowest BCUT2D eigenvalue weighted by atomic mass is 9.68. The first kappa shape index (κ1) is 22.2. The van der Waals surface area contributed by atoms with Gasteiger partial charge >= 0.3 is 0 Å². The van der Waals surface area contributed by atoms with Gasteiger partial charge in [0.2, 0.25) is 6.79 Å². The van der Waals surface area contributed by atoms with E-state index in [-0.39, 0.29) is 30.8 Å². The maximum absolute atomic E-state index is 13.3. The van der Waals surface area contributed by atoms with Crippen molar-refractivity contribution in [2.75, 3.05) is 47.2 Å². The average molecular weight is 478 g/mol. The molecule has 1 atom stereocenters. The number of fused-ring (bicyclic) bond motifs is 5. The smallest absolute Gasteiger partial charge is 0.253 e. The lowest BCUT2D eigenvalue weighted by Gasteiger charge is -2.49. The fourth-order valence-electron chi connectivity index (χ4n) is 6.37. The zero-order chi connectivity index (χ0) is 24.3. The molecule has 0 bridgehead atoms. The summed E-state index contributed by atoms with van der Waals surface area (Å²) in [6, 6.07) is 11.6. The highest BCUT2D eigenvalue weighted by Gasteiger charge is 2.47. The van der Waals surface area contributed by atoms with Crippen molar-refractivity contribution >= 4 is 16.8 Å². The molecule has 3 aromatic rings. The van der Waals surface area contributed by atoms with Gasteiger partial charge in [-0.3, -0.25) is 9.69 Å². The number of likely N-dealkylation sites (N-methyl/N-ethyl adjacent to an activating group) is 1. The standard InChI is InChI=1S/C27H31N3O5/c1-28-15-27(24-19-6-5-18(33-3)13-20(19)29(2)25(24)21(28)14-31)8-10-30(11-9-27)26(32)17-4-7-22-23(12-17)35-16-34-22/h4-7,12-13,21,31H,8-11,14-16H2,1-3H3/t21-/m1/s1. The van der Waals surface area contributed by atoms with Crippen LogP contribution in [0.2, 0.25) is 0 Å². The molecule has 8 heteroatoms. The summed E-state index contributed by atoms with van der Waals surface area (Å²) < 4.78 is 18.6. The summed E-state index contributed by atoms with van der Waals surface area (Å²) in [6.07, 6.45) is 1.73. The van der Waals surface area contributed by atoms with E-state index in [0.717, 1.165) is 30.7 Å². The Kier molecular flexibility index (Phi) is 5.19. The topological polar surface area (TPSA) is 76.4 Å². The number of benzene rings is 2. The normalized spacial score (nSPS) is 20.9. The van der Waals surface area contributed by atoms with Crippen molar-refractivity contribution in [3.05, 3.63) is 53.2 Å². The fraction of sp³-hybridized carbons (Fsp3) is 0.444. The predicted molar refractivity (Wildman–Crippen MR) is 131 cm³/mol. The molecule has 1 N–H and O–H groups in total. The number of piperidine rings is 1. The van der Waals surface area contributed by atoms with E-state index >= 15 is 0 Å². The number of aliphatic hydroxyl groups is 1. The minimum Gasteiger partial charge on any atom is -0.497 e. The Bertz CT molecular complexity index is 1310. The molecule has 0 saturated carbocycles. The monoisotopic (exact) mass is 477 g/mol. The first-order valence-corrected chi connectivity index (χ1v) is 12.1. The third-order valence-corrected chi connectivity index (χ3v) is 8.18. The number of likely N-dealkylation sites (tertiary alicyclic amines) is 1. The minimum absolute atomic E-state index is 0.0263. The Hall–Kier alpha value is -3.23. The zero-order valence-corrected chi connectivity index (χ0v) is 20.4. The third-order valence-electron chi connectivity index (χ3n) is 8.18. The SMILES string of the molecule is COc1ccc2c3c(n(C)c2c1)[C@@H](CO)N(C)CC31CCN(C(=O)c2ccc3c(c2)OCO3)CC1. The Labute approximate surface area is 204 Å². The molecule has 3 aliphatic heterocycles. The highest BCUT2D eigenvalue weighted by molar-refractivity contribution is 5.95. The quantitative estimate of drug-likeness (QED) is 0.625. The number of nitrogens with zero attached hydrogens (tertiary/aromatic N) is 3. The van der Waals surface area contributed by atoms with Gasteiger partial charge in [0.25, 0.3) is 5.91 Å². The molecule has 184 valence electrons. The largest absolute Gasteiger partial charge is 0.497 e. The van der Waals surface area contributed by atoms with Crippen molar-refractivity contribution in [3.8, 4) is 17.2 Å². The van der Waals surface area contributed by atoms with Gasteiger partial charge in [0.1, 0.15) is 5.75 Å². The van der Waals surface area contributed by atoms with Crippen molar-refractivity contribution in [2.45, 2.75) is 24.3 Å². The Balaban J connectivity index is 1.35. The number of hydrogen-bond acceptors (Lipinski definition) is 6. The summed E-state index contributed by atoms with van der Waals surface area (Å²) in [4.78, 5) is 17.6. The van der Waals surface area contributed by atoms with Crippen LogP contribution in [0.5, 0.6) is 17.2 Å². The number of aryl methyl sites for hydroxylation is 1. The molecule has 0 unspecified atom stereocenters. The maximum Gasteiger partial charge on any atom is 0.253 e. The number of methoxy groups -OCH3 is 1. The lowest BCUT2D eigenvalue weighted by Crippen LogP contribution is -2.53. The second-order valence-corrected chi connectivity index (χ2v) is 9.96. The molecule has 1 amide bonds. The van der Waals surface area contributed by atoms with E-state index < -0.39 is 0 Å². The van der Waals surface area contributed by atoms with Crippen LogP contribution in [0.25, 0.3) is 10.9 Å². The van der Waals surface area contributed by atoms with E-state index in [1.807, 2.05) is 23.1 Å². The number of aromatic nitrogens is 1. The highest BCUT2D eigenvalue weighted by atomic mass is 16.7. The Morgan fingerprint density at radius 3 is 2.63 bits per heavy atom. The molecule has 6 rings (SSSR count). The van der Waals surface area contributed by atoms with Crippen LogP contribution in [-0.4, -0.2) is 72.6 Å². The van der Waals surface area contributed by atoms with Crippen LogP contribution in [0.15, 0.2) is 36.4 Å². The molecule has 0 radical (unpaired) electrons. The summed E-state index contributed by atoms with van der Waals surface area (Å²) >= 11 is 0. The van der Waals surface area contributed by atoms with Gasteiger partial charge < -0.3 is 28.8 Å². The van der Waals surface area contributed by atoms with Crippen LogP contribution in [-0.2, 0) is 12.5 Å². The van der Waals surface area contributed by atoms with Crippen LogP contribution in [0.4, 0.5) is 0 Å². The molecule has 2 aromatic carbocycles. The summed E-state index contributed by atoms with van der Waals surface area (Å²) in [5.74, 6) is 2.16. The average Bonchev–Trinajstić information content (AvgIpc) is 3.46. The van der Waals surface area contributed by atoms with Gasteiger partial charge in [-0.2, -0.15) is 0 Å². The second kappa shape index (κ2) is 8.17. The lowest BCUT2D eigenvalue weighted by molar-refractivity contribution is 0.0506. The summed E-state index contributed by atoms with van der Waals surface area (Å²) in [7, 11) is 5.85. The molecule has 1 aromatic heterocycles. The molecule has 0 aliphatic carbocycles. The van der Waals surface area contributed by atoms with Crippen molar-refractivity contribution < 1.29 is 24.1 Å². The van der Waals surface area contributed by atoms with Gasteiger partial charge in [0.05, 0.1) is 25.3 Å². The van der Waals surface area contributed by atoms with Gasteiger partial charge in [-0.1, -0.05) is 0 Å². The molecule has 1 fully saturated rings. The van der Waals surface area contributed by atoms with E-state index in [1.54, 1.807) is 13.2 Å². The summed E-state index contributed by atoms with van der Waals surface area (Å²) in [5.41, 5.74) is 4.14. The molecular formula is C27H31N3O5.